The molecular formula is C26H29N3O4. The minimum atomic E-state index is -1.08. The zero-order chi connectivity index (χ0) is 23.2. The Bertz CT molecular complexity index is 1230. The summed E-state index contributed by atoms with van der Waals surface area (Å²) in [7, 11) is 0. The second-order valence-corrected chi connectivity index (χ2v) is 8.76. The largest absolute Gasteiger partial charge is 0.490 e. The van der Waals surface area contributed by atoms with Gasteiger partial charge >= 0.3 is 0 Å². The quantitative estimate of drug-likeness (QED) is 0.604. The molecule has 2 aliphatic heterocycles. The topological polar surface area (TPSA) is 83.7 Å². The van der Waals surface area contributed by atoms with Crippen molar-refractivity contribution in [1.82, 2.24) is 15.2 Å². The molecule has 7 nitrogen and oxygen atoms in total. The lowest BCUT2D eigenvalue weighted by Crippen LogP contribution is -2.66. The number of nitrogens with one attached hydrogen (secondary N) is 2. The summed E-state index contributed by atoms with van der Waals surface area (Å²) < 4.78 is 11.8. The number of rotatable bonds is 6. The lowest BCUT2D eigenvalue weighted by molar-refractivity contribution is -0.154. The van der Waals surface area contributed by atoms with Gasteiger partial charge in [-0.15, -0.1) is 0 Å². The number of carbonyl (C=O) groups is 2. The Morgan fingerprint density at radius 3 is 2.70 bits per heavy atom. The van der Waals surface area contributed by atoms with Gasteiger partial charge in [-0.2, -0.15) is 0 Å². The molecule has 0 saturated carbocycles. The van der Waals surface area contributed by atoms with E-state index >= 15 is 0 Å². The summed E-state index contributed by atoms with van der Waals surface area (Å²) in [6, 6.07) is 14.1. The maximum Gasteiger partial charge on any atom is 0.252 e. The van der Waals surface area contributed by atoms with Gasteiger partial charge in [0.15, 0.2) is 17.0 Å². The van der Waals surface area contributed by atoms with Crippen molar-refractivity contribution in [2.24, 2.45) is 0 Å². The van der Waals surface area contributed by atoms with E-state index in [0.29, 0.717) is 25.5 Å². The molecular weight excluding hydrogens is 418 g/mol. The van der Waals surface area contributed by atoms with Crippen LogP contribution in [-0.2, 0) is 15.1 Å². The third-order valence-corrected chi connectivity index (χ3v) is 6.76. The Kier molecular flexibility index (Phi) is 5.27. The van der Waals surface area contributed by atoms with Gasteiger partial charge in [-0.05, 0) is 49.6 Å². The number of aromatic nitrogens is 1. The molecule has 2 aliphatic rings. The van der Waals surface area contributed by atoms with Gasteiger partial charge in [0.2, 0.25) is 5.91 Å². The van der Waals surface area contributed by atoms with Gasteiger partial charge < -0.3 is 24.7 Å². The second kappa shape index (κ2) is 8.14. The SMILES string of the molecule is CCCOc1ccc([C@H]2CN3C(=O)CNC(=O)[C@]3(C)c3[nH]c4ccccc4c32)cc1OCC. The summed E-state index contributed by atoms with van der Waals surface area (Å²) in [6.45, 7) is 7.42. The normalized spacial score (nSPS) is 22.0. The number of carbonyl (C=O) groups excluding carboxylic acids is 2. The van der Waals surface area contributed by atoms with Crippen LogP contribution in [0, 0.1) is 0 Å². The molecule has 33 heavy (non-hydrogen) atoms. The average Bonchev–Trinajstić information content (AvgIpc) is 3.22. The Morgan fingerprint density at radius 1 is 1.09 bits per heavy atom. The molecule has 2 aromatic carbocycles. The number of para-hydroxylation sites is 1. The molecule has 5 rings (SSSR count). The molecule has 2 atom stereocenters. The van der Waals surface area contributed by atoms with Gasteiger partial charge in [-0.25, -0.2) is 0 Å². The van der Waals surface area contributed by atoms with Crippen LogP contribution < -0.4 is 14.8 Å². The van der Waals surface area contributed by atoms with Crippen molar-refractivity contribution in [1.29, 1.82) is 0 Å². The highest BCUT2D eigenvalue weighted by Crippen LogP contribution is 2.47. The van der Waals surface area contributed by atoms with E-state index in [4.69, 9.17) is 9.47 Å². The monoisotopic (exact) mass is 447 g/mol. The van der Waals surface area contributed by atoms with Gasteiger partial charge in [-0.1, -0.05) is 31.2 Å². The smallest absolute Gasteiger partial charge is 0.252 e. The standard InChI is InChI=1S/C26H29N3O4/c1-4-12-33-20-11-10-16(13-21(20)32-5-2)18-15-29-22(30)14-27-25(31)26(29,3)24-23(18)17-8-6-7-9-19(17)28-24/h6-11,13,18,28H,4-5,12,14-15H2,1-3H3,(H,27,31)/t18-,26+/m1/s1. The van der Waals surface area contributed by atoms with Gasteiger partial charge in [0, 0.05) is 23.4 Å². The van der Waals surface area contributed by atoms with Crippen LogP contribution in [0.1, 0.15) is 49.9 Å². The number of hydrogen-bond acceptors (Lipinski definition) is 4. The average molecular weight is 448 g/mol. The highest BCUT2D eigenvalue weighted by molar-refractivity contribution is 6.01. The number of benzene rings is 2. The van der Waals surface area contributed by atoms with E-state index in [9.17, 15) is 9.59 Å². The van der Waals surface area contributed by atoms with Gasteiger partial charge in [0.1, 0.15) is 0 Å². The molecule has 1 saturated heterocycles. The first-order chi connectivity index (χ1) is 16.0. The zero-order valence-electron chi connectivity index (χ0n) is 19.2. The van der Waals surface area contributed by atoms with Crippen molar-refractivity contribution in [3.63, 3.8) is 0 Å². The van der Waals surface area contributed by atoms with Crippen LogP contribution in [0.4, 0.5) is 0 Å². The fourth-order valence-electron chi connectivity index (χ4n) is 5.12. The maximum absolute atomic E-state index is 13.1. The minimum Gasteiger partial charge on any atom is -0.490 e. The highest BCUT2D eigenvalue weighted by atomic mass is 16.5. The molecule has 0 unspecified atom stereocenters. The number of H-pyrrole nitrogens is 1. The first kappa shape index (κ1) is 21.4. The van der Waals surface area contributed by atoms with E-state index in [1.165, 1.54) is 0 Å². The van der Waals surface area contributed by atoms with Crippen LogP contribution in [-0.4, -0.2) is 48.0 Å². The molecule has 1 fully saturated rings. The summed E-state index contributed by atoms with van der Waals surface area (Å²) in [5.41, 5.74) is 2.73. The molecule has 3 heterocycles. The highest BCUT2D eigenvalue weighted by Gasteiger charge is 2.53. The Labute approximate surface area is 193 Å². The molecule has 2 amide bonds. The minimum absolute atomic E-state index is 0.0185. The predicted molar refractivity (Wildman–Crippen MR) is 126 cm³/mol. The van der Waals surface area contributed by atoms with Gasteiger partial charge in [0.25, 0.3) is 5.91 Å². The molecule has 2 N–H and O–H groups in total. The number of amides is 2. The van der Waals surface area contributed by atoms with E-state index in [1.54, 1.807) is 4.90 Å². The summed E-state index contributed by atoms with van der Waals surface area (Å²) in [5.74, 6) is 1.06. The van der Waals surface area contributed by atoms with Crippen molar-refractivity contribution in [2.45, 2.75) is 38.6 Å². The fourth-order valence-corrected chi connectivity index (χ4v) is 5.12. The van der Waals surface area contributed by atoms with E-state index in [2.05, 4.69) is 23.3 Å². The summed E-state index contributed by atoms with van der Waals surface area (Å²) in [4.78, 5) is 31.3. The van der Waals surface area contributed by atoms with Gasteiger partial charge in [0.05, 0.1) is 25.5 Å². The molecule has 0 spiro atoms. The van der Waals surface area contributed by atoms with E-state index in [0.717, 1.165) is 39.9 Å². The van der Waals surface area contributed by atoms with E-state index in [-0.39, 0.29) is 24.3 Å². The molecule has 0 aliphatic carbocycles. The lowest BCUT2D eigenvalue weighted by atomic mass is 9.76. The van der Waals surface area contributed by atoms with Crippen molar-refractivity contribution >= 4 is 22.7 Å². The molecule has 0 radical (unpaired) electrons. The second-order valence-electron chi connectivity index (χ2n) is 8.76. The maximum atomic E-state index is 13.1. The summed E-state index contributed by atoms with van der Waals surface area (Å²) in [5, 5.41) is 3.84. The number of ether oxygens (including phenoxy) is 2. The third-order valence-electron chi connectivity index (χ3n) is 6.76. The third kappa shape index (κ3) is 3.25. The molecule has 7 heteroatoms. The predicted octanol–water partition coefficient (Wildman–Crippen LogP) is 3.67. The summed E-state index contributed by atoms with van der Waals surface area (Å²) >= 11 is 0. The molecule has 172 valence electrons. The van der Waals surface area contributed by atoms with Gasteiger partial charge in [-0.3, -0.25) is 9.59 Å². The van der Waals surface area contributed by atoms with Crippen LogP contribution in [0.15, 0.2) is 42.5 Å². The van der Waals surface area contributed by atoms with Crippen LogP contribution in [0.3, 0.4) is 0 Å². The lowest BCUT2D eigenvalue weighted by Gasteiger charge is -2.48. The fraction of sp³-hybridized carbons (Fsp3) is 0.385. The van der Waals surface area contributed by atoms with E-state index in [1.807, 2.05) is 50.2 Å². The molecule has 3 aromatic rings. The number of nitrogens with zero attached hydrogens (tertiary/aromatic N) is 1. The van der Waals surface area contributed by atoms with Crippen molar-refractivity contribution in [3.8, 4) is 11.5 Å². The number of fused-ring (bicyclic) bond motifs is 5. The number of aromatic amines is 1. The molecule has 0 bridgehead atoms. The van der Waals surface area contributed by atoms with Crippen molar-refractivity contribution in [2.75, 3.05) is 26.3 Å². The first-order valence-electron chi connectivity index (χ1n) is 11.6. The zero-order valence-corrected chi connectivity index (χ0v) is 19.2. The first-order valence-corrected chi connectivity index (χ1v) is 11.6. The van der Waals surface area contributed by atoms with Crippen molar-refractivity contribution in [3.05, 3.63) is 59.3 Å². The Hall–Kier alpha value is -3.48. The Morgan fingerprint density at radius 2 is 1.91 bits per heavy atom. The van der Waals surface area contributed by atoms with E-state index < -0.39 is 5.54 Å². The molecule has 1 aromatic heterocycles. The van der Waals surface area contributed by atoms with Crippen LogP contribution in [0.2, 0.25) is 0 Å². The van der Waals surface area contributed by atoms with Crippen molar-refractivity contribution < 1.29 is 19.1 Å². The van der Waals surface area contributed by atoms with Crippen LogP contribution in [0.5, 0.6) is 11.5 Å². The Balaban J connectivity index is 1.70. The number of hydrogen-bond donors (Lipinski definition) is 2. The number of piperazine rings is 1. The van der Waals surface area contributed by atoms with Crippen LogP contribution >= 0.6 is 0 Å². The van der Waals surface area contributed by atoms with Crippen LogP contribution in [0.25, 0.3) is 10.9 Å². The summed E-state index contributed by atoms with van der Waals surface area (Å²) in [6.07, 6.45) is 0.909.